The van der Waals surface area contributed by atoms with Gasteiger partial charge < -0.3 is 10.1 Å². The zero-order valence-electron chi connectivity index (χ0n) is 13.6. The quantitative estimate of drug-likeness (QED) is 0.835. The number of aryl methyl sites for hydroxylation is 1. The van der Waals surface area contributed by atoms with Crippen molar-refractivity contribution in [1.82, 2.24) is 24.1 Å². The maximum absolute atomic E-state index is 12.6. The van der Waals surface area contributed by atoms with Gasteiger partial charge >= 0.3 is 0 Å². The van der Waals surface area contributed by atoms with Crippen molar-refractivity contribution in [3.05, 3.63) is 24.8 Å². The summed E-state index contributed by atoms with van der Waals surface area (Å²) in [5.74, 6) is 1.17. The van der Waals surface area contributed by atoms with Gasteiger partial charge in [0.05, 0.1) is 13.3 Å². The minimum absolute atomic E-state index is 0.157. The minimum Gasteiger partial charge on any atom is -0.481 e. The Hall–Kier alpha value is -2.20. The first-order valence-corrected chi connectivity index (χ1v) is 9.04. The number of sulfonamides is 1. The molecule has 2 aromatic heterocycles. The standard InChI is InChI=1S/C14H20N6O3S/c1-19-9-12(8-17-19)24(21,22)20-5-3-11(4-6-20)18-13-7-14(23-2)16-10-15-13/h7-11H,3-6H2,1-2H3,(H,15,16,18). The van der Waals surface area contributed by atoms with E-state index in [2.05, 4.69) is 20.4 Å². The van der Waals surface area contributed by atoms with Crippen molar-refractivity contribution in [1.29, 1.82) is 0 Å². The fraction of sp³-hybridized carbons (Fsp3) is 0.500. The number of piperidine rings is 1. The highest BCUT2D eigenvalue weighted by atomic mass is 32.2. The Morgan fingerprint density at radius 1 is 1.29 bits per heavy atom. The molecule has 10 heteroatoms. The summed E-state index contributed by atoms with van der Waals surface area (Å²) in [4.78, 5) is 8.35. The lowest BCUT2D eigenvalue weighted by molar-refractivity contribution is 0.329. The number of nitrogens with zero attached hydrogens (tertiary/aromatic N) is 5. The summed E-state index contributed by atoms with van der Waals surface area (Å²) in [5.41, 5.74) is 0. The van der Waals surface area contributed by atoms with Gasteiger partial charge in [-0.3, -0.25) is 4.68 Å². The molecule has 24 heavy (non-hydrogen) atoms. The smallest absolute Gasteiger partial charge is 0.246 e. The summed E-state index contributed by atoms with van der Waals surface area (Å²) in [6, 6.07) is 1.88. The van der Waals surface area contributed by atoms with Crippen molar-refractivity contribution in [2.24, 2.45) is 7.05 Å². The molecule has 3 rings (SSSR count). The molecule has 0 aromatic carbocycles. The molecule has 1 N–H and O–H groups in total. The van der Waals surface area contributed by atoms with Gasteiger partial charge in [0, 0.05) is 38.4 Å². The fourth-order valence-corrected chi connectivity index (χ4v) is 4.12. The largest absolute Gasteiger partial charge is 0.481 e. The van der Waals surface area contributed by atoms with E-state index in [4.69, 9.17) is 4.74 Å². The van der Waals surface area contributed by atoms with E-state index in [-0.39, 0.29) is 10.9 Å². The average molecular weight is 352 g/mol. The number of anilines is 1. The Labute approximate surface area is 140 Å². The fourth-order valence-electron chi connectivity index (χ4n) is 2.66. The van der Waals surface area contributed by atoms with Crippen LogP contribution >= 0.6 is 0 Å². The van der Waals surface area contributed by atoms with Crippen molar-refractivity contribution in [2.45, 2.75) is 23.8 Å². The summed E-state index contributed by atoms with van der Waals surface area (Å²) >= 11 is 0. The van der Waals surface area contributed by atoms with E-state index in [0.29, 0.717) is 37.6 Å². The second kappa shape index (κ2) is 6.73. The number of hydrogen-bond donors (Lipinski definition) is 1. The van der Waals surface area contributed by atoms with Gasteiger partial charge in [-0.05, 0) is 12.8 Å². The molecule has 1 aliphatic rings. The van der Waals surface area contributed by atoms with Crippen LogP contribution in [0.5, 0.6) is 5.88 Å². The first-order chi connectivity index (χ1) is 11.5. The molecule has 0 unspecified atom stereocenters. The molecule has 1 saturated heterocycles. The summed E-state index contributed by atoms with van der Waals surface area (Å²) in [7, 11) is -0.222. The highest BCUT2D eigenvalue weighted by Gasteiger charge is 2.30. The van der Waals surface area contributed by atoms with Crippen LogP contribution in [0.3, 0.4) is 0 Å². The van der Waals surface area contributed by atoms with Crippen LogP contribution in [0.25, 0.3) is 0 Å². The maximum atomic E-state index is 12.6. The van der Waals surface area contributed by atoms with Crippen LogP contribution < -0.4 is 10.1 Å². The van der Waals surface area contributed by atoms with Crippen LogP contribution in [0.2, 0.25) is 0 Å². The Kier molecular flexibility index (Phi) is 4.67. The topological polar surface area (TPSA) is 102 Å². The first-order valence-electron chi connectivity index (χ1n) is 7.60. The molecular weight excluding hydrogens is 332 g/mol. The highest BCUT2D eigenvalue weighted by molar-refractivity contribution is 7.89. The third-order valence-corrected chi connectivity index (χ3v) is 5.83. The predicted molar refractivity (Wildman–Crippen MR) is 87.2 cm³/mol. The third-order valence-electron chi connectivity index (χ3n) is 3.98. The van der Waals surface area contributed by atoms with E-state index in [1.165, 1.54) is 27.7 Å². The summed E-state index contributed by atoms with van der Waals surface area (Å²) < 4.78 is 33.2. The van der Waals surface area contributed by atoms with E-state index >= 15 is 0 Å². The first kappa shape index (κ1) is 16.7. The number of nitrogens with one attached hydrogen (secondary N) is 1. The lowest BCUT2D eigenvalue weighted by Crippen LogP contribution is -2.42. The van der Waals surface area contributed by atoms with Gasteiger partial charge in [0.15, 0.2) is 0 Å². The SMILES string of the molecule is COc1cc(NC2CCN(S(=O)(=O)c3cnn(C)c3)CC2)ncn1. The van der Waals surface area contributed by atoms with Gasteiger partial charge in [-0.25, -0.2) is 18.4 Å². The molecule has 1 fully saturated rings. The molecule has 3 heterocycles. The monoisotopic (exact) mass is 352 g/mol. The molecule has 0 amide bonds. The van der Waals surface area contributed by atoms with Gasteiger partial charge in [-0.2, -0.15) is 9.40 Å². The Morgan fingerprint density at radius 3 is 2.67 bits per heavy atom. The van der Waals surface area contributed by atoms with Gasteiger partial charge in [0.2, 0.25) is 15.9 Å². The number of rotatable bonds is 5. The Bertz CT molecular complexity index is 798. The zero-order valence-corrected chi connectivity index (χ0v) is 14.4. The molecule has 130 valence electrons. The van der Waals surface area contributed by atoms with Crippen LogP contribution in [-0.2, 0) is 17.1 Å². The second-order valence-corrected chi connectivity index (χ2v) is 7.56. The van der Waals surface area contributed by atoms with Gasteiger partial charge in [-0.15, -0.1) is 0 Å². The molecule has 9 nitrogen and oxygen atoms in total. The highest BCUT2D eigenvalue weighted by Crippen LogP contribution is 2.22. The molecule has 0 aliphatic carbocycles. The summed E-state index contributed by atoms with van der Waals surface area (Å²) in [6.07, 6.45) is 5.74. The van der Waals surface area contributed by atoms with Crippen molar-refractivity contribution < 1.29 is 13.2 Å². The number of aromatic nitrogens is 4. The molecule has 0 spiro atoms. The van der Waals surface area contributed by atoms with Crippen LogP contribution in [0, 0.1) is 0 Å². The molecule has 1 aliphatic heterocycles. The summed E-state index contributed by atoms with van der Waals surface area (Å²) in [6.45, 7) is 0.911. The van der Waals surface area contributed by atoms with Crippen LogP contribution in [0.15, 0.2) is 29.7 Å². The van der Waals surface area contributed by atoms with Crippen molar-refractivity contribution in [3.8, 4) is 5.88 Å². The molecule has 0 bridgehead atoms. The maximum Gasteiger partial charge on any atom is 0.246 e. The molecule has 0 saturated carbocycles. The Morgan fingerprint density at radius 2 is 2.04 bits per heavy atom. The molecule has 2 aromatic rings. The van der Waals surface area contributed by atoms with E-state index in [1.54, 1.807) is 20.2 Å². The number of ether oxygens (including phenoxy) is 1. The minimum atomic E-state index is -3.47. The van der Waals surface area contributed by atoms with Crippen LogP contribution in [0.1, 0.15) is 12.8 Å². The second-order valence-electron chi connectivity index (χ2n) is 5.62. The lowest BCUT2D eigenvalue weighted by atomic mass is 10.1. The van der Waals surface area contributed by atoms with Crippen LogP contribution in [-0.4, -0.2) is 58.7 Å². The lowest BCUT2D eigenvalue weighted by Gasteiger charge is -2.31. The van der Waals surface area contributed by atoms with Crippen molar-refractivity contribution >= 4 is 15.8 Å². The Balaban J connectivity index is 1.61. The third kappa shape index (κ3) is 3.49. The molecule has 0 atom stereocenters. The van der Waals surface area contributed by atoms with E-state index in [1.807, 2.05) is 0 Å². The molecule has 0 radical (unpaired) electrons. The van der Waals surface area contributed by atoms with Crippen molar-refractivity contribution in [2.75, 3.05) is 25.5 Å². The van der Waals surface area contributed by atoms with E-state index < -0.39 is 10.0 Å². The van der Waals surface area contributed by atoms with E-state index in [9.17, 15) is 8.42 Å². The van der Waals surface area contributed by atoms with E-state index in [0.717, 1.165) is 0 Å². The average Bonchev–Trinajstić information content (AvgIpc) is 3.03. The summed E-state index contributed by atoms with van der Waals surface area (Å²) in [5, 5.41) is 7.24. The normalized spacial score (nSPS) is 16.9. The van der Waals surface area contributed by atoms with Gasteiger partial charge in [0.25, 0.3) is 0 Å². The predicted octanol–water partition coefficient (Wildman–Crippen LogP) is 0.484. The van der Waals surface area contributed by atoms with Gasteiger partial charge in [-0.1, -0.05) is 0 Å². The zero-order chi connectivity index (χ0) is 17.2. The van der Waals surface area contributed by atoms with Crippen molar-refractivity contribution in [3.63, 3.8) is 0 Å². The number of methoxy groups -OCH3 is 1. The number of hydrogen-bond acceptors (Lipinski definition) is 7. The van der Waals surface area contributed by atoms with Crippen LogP contribution in [0.4, 0.5) is 5.82 Å². The molecular formula is C14H20N6O3S. The van der Waals surface area contributed by atoms with Gasteiger partial charge in [0.1, 0.15) is 17.0 Å².